The molecule has 0 radical (unpaired) electrons. The van der Waals surface area contributed by atoms with Crippen LogP contribution < -0.4 is 4.74 Å². The van der Waals surface area contributed by atoms with Gasteiger partial charge in [0, 0.05) is 10.5 Å². The summed E-state index contributed by atoms with van der Waals surface area (Å²) in [5.41, 5.74) is 0.587. The van der Waals surface area contributed by atoms with Crippen LogP contribution in [0.1, 0.15) is 18.6 Å². The second-order valence-electron chi connectivity index (χ2n) is 4.31. The molecule has 0 aromatic heterocycles. The molecule has 0 amide bonds. The van der Waals surface area contributed by atoms with Crippen molar-refractivity contribution in [2.24, 2.45) is 0 Å². The van der Waals surface area contributed by atoms with Crippen LogP contribution in [0.25, 0.3) is 0 Å². The highest BCUT2D eigenvalue weighted by molar-refractivity contribution is 9.10. The summed E-state index contributed by atoms with van der Waals surface area (Å²) in [5, 5.41) is 20.6. The number of aliphatic hydroxyl groups excluding tert-OH is 1. The highest BCUT2D eigenvalue weighted by Gasteiger charge is 2.19. The first kappa shape index (κ1) is 15.9. The molecule has 0 aliphatic rings. The van der Waals surface area contributed by atoms with Gasteiger partial charge in [0.05, 0.1) is 15.5 Å². The number of benzene rings is 2. The summed E-state index contributed by atoms with van der Waals surface area (Å²) in [6, 6.07) is 9.62. The van der Waals surface area contributed by atoms with Crippen molar-refractivity contribution >= 4 is 37.5 Å². The first-order valence-corrected chi connectivity index (χ1v) is 7.57. The summed E-state index contributed by atoms with van der Waals surface area (Å²) in [6.45, 7) is 1.65. The highest BCUT2D eigenvalue weighted by atomic mass is 79.9. The molecule has 5 nitrogen and oxygen atoms in total. The van der Waals surface area contributed by atoms with Gasteiger partial charge in [0.15, 0.2) is 0 Å². The minimum absolute atomic E-state index is 0.125. The molecule has 0 bridgehead atoms. The normalized spacial score (nSPS) is 12.0. The Morgan fingerprint density at radius 2 is 1.95 bits per heavy atom. The van der Waals surface area contributed by atoms with Gasteiger partial charge in [-0.25, -0.2) is 0 Å². The molecule has 7 heteroatoms. The van der Waals surface area contributed by atoms with Crippen LogP contribution in [-0.4, -0.2) is 10.0 Å². The van der Waals surface area contributed by atoms with Gasteiger partial charge in [-0.1, -0.05) is 28.1 Å². The van der Waals surface area contributed by atoms with Gasteiger partial charge in [-0.05, 0) is 46.6 Å². The smallest absolute Gasteiger partial charge is 0.312 e. The number of halogens is 2. The fourth-order valence-corrected chi connectivity index (χ4v) is 2.90. The van der Waals surface area contributed by atoms with Crippen molar-refractivity contribution < 1.29 is 14.8 Å². The molecule has 110 valence electrons. The van der Waals surface area contributed by atoms with Gasteiger partial charge in [-0.3, -0.25) is 10.1 Å². The van der Waals surface area contributed by atoms with E-state index in [9.17, 15) is 15.2 Å². The number of hydrogen-bond acceptors (Lipinski definition) is 4. The summed E-state index contributed by atoms with van der Waals surface area (Å²) in [6.07, 6.45) is -0.619. The molecule has 2 aromatic carbocycles. The van der Waals surface area contributed by atoms with E-state index in [0.29, 0.717) is 20.3 Å². The van der Waals surface area contributed by atoms with Crippen LogP contribution in [0.2, 0.25) is 0 Å². The third kappa shape index (κ3) is 3.61. The van der Waals surface area contributed by atoms with Gasteiger partial charge < -0.3 is 9.84 Å². The zero-order valence-electron chi connectivity index (χ0n) is 10.9. The van der Waals surface area contributed by atoms with Crippen molar-refractivity contribution in [3.05, 3.63) is 61.0 Å². The second-order valence-corrected chi connectivity index (χ2v) is 6.02. The van der Waals surface area contributed by atoms with Crippen LogP contribution in [0, 0.1) is 10.1 Å². The van der Waals surface area contributed by atoms with Crippen molar-refractivity contribution in [2.45, 2.75) is 13.0 Å². The number of ether oxygens (including phenoxy) is 1. The van der Waals surface area contributed by atoms with E-state index in [4.69, 9.17) is 4.74 Å². The van der Waals surface area contributed by atoms with Crippen molar-refractivity contribution in [2.75, 3.05) is 0 Å². The minimum atomic E-state index is -0.619. The number of nitrogens with zero attached hydrogens (tertiary/aromatic N) is 1. The molecule has 0 spiro atoms. The number of aliphatic hydroxyl groups is 1. The van der Waals surface area contributed by atoms with Crippen LogP contribution in [0.15, 0.2) is 45.3 Å². The number of hydrogen-bond donors (Lipinski definition) is 1. The molecule has 1 N–H and O–H groups in total. The predicted molar refractivity (Wildman–Crippen MR) is 85.6 cm³/mol. The molecule has 0 aliphatic carbocycles. The van der Waals surface area contributed by atoms with Gasteiger partial charge in [-0.2, -0.15) is 0 Å². The Hall–Kier alpha value is -1.44. The van der Waals surface area contributed by atoms with E-state index in [2.05, 4.69) is 31.9 Å². The zero-order chi connectivity index (χ0) is 15.6. The molecule has 1 unspecified atom stereocenters. The van der Waals surface area contributed by atoms with E-state index >= 15 is 0 Å². The summed E-state index contributed by atoms with van der Waals surface area (Å²) < 4.78 is 6.78. The summed E-state index contributed by atoms with van der Waals surface area (Å²) >= 11 is 6.59. The van der Waals surface area contributed by atoms with E-state index < -0.39 is 11.0 Å². The zero-order valence-corrected chi connectivity index (χ0v) is 14.1. The van der Waals surface area contributed by atoms with Crippen molar-refractivity contribution in [3.8, 4) is 11.5 Å². The SMILES string of the molecule is CC(O)c1ccc(Oc2c(Br)cccc2[N+](=O)[O-])cc1Br. The van der Waals surface area contributed by atoms with Crippen LogP contribution >= 0.6 is 31.9 Å². The van der Waals surface area contributed by atoms with Crippen molar-refractivity contribution in [1.82, 2.24) is 0 Å². The van der Waals surface area contributed by atoms with Gasteiger partial charge in [0.2, 0.25) is 5.75 Å². The molecular weight excluding hydrogens is 406 g/mol. The number of nitro groups is 1. The molecule has 0 aliphatic heterocycles. The maximum atomic E-state index is 11.0. The molecule has 0 saturated carbocycles. The minimum Gasteiger partial charge on any atom is -0.449 e. The predicted octanol–water partition coefficient (Wildman–Crippen LogP) is 4.97. The van der Waals surface area contributed by atoms with Crippen LogP contribution in [0.4, 0.5) is 5.69 Å². The lowest BCUT2D eigenvalue weighted by Crippen LogP contribution is -1.96. The summed E-state index contributed by atoms with van der Waals surface area (Å²) in [7, 11) is 0. The van der Waals surface area contributed by atoms with Crippen LogP contribution in [0.3, 0.4) is 0 Å². The summed E-state index contributed by atoms with van der Waals surface area (Å²) in [4.78, 5) is 10.5. The maximum Gasteiger partial charge on any atom is 0.312 e. The van der Waals surface area contributed by atoms with E-state index in [1.54, 1.807) is 37.3 Å². The molecule has 0 fully saturated rings. The first-order valence-electron chi connectivity index (χ1n) is 5.98. The van der Waals surface area contributed by atoms with E-state index in [0.717, 1.165) is 0 Å². The fraction of sp³-hybridized carbons (Fsp3) is 0.143. The Morgan fingerprint density at radius 3 is 2.52 bits per heavy atom. The lowest BCUT2D eigenvalue weighted by Gasteiger charge is -2.11. The number of nitro benzene ring substituents is 1. The van der Waals surface area contributed by atoms with Gasteiger partial charge in [0.1, 0.15) is 5.75 Å². The van der Waals surface area contributed by atoms with Crippen LogP contribution in [-0.2, 0) is 0 Å². The quantitative estimate of drug-likeness (QED) is 0.564. The van der Waals surface area contributed by atoms with Crippen LogP contribution in [0.5, 0.6) is 11.5 Å². The van der Waals surface area contributed by atoms with E-state index in [1.165, 1.54) is 6.07 Å². The topological polar surface area (TPSA) is 72.6 Å². The van der Waals surface area contributed by atoms with Crippen molar-refractivity contribution in [3.63, 3.8) is 0 Å². The Kier molecular flexibility index (Phi) is 4.97. The molecule has 21 heavy (non-hydrogen) atoms. The third-order valence-corrected chi connectivity index (χ3v) is 4.10. The first-order chi connectivity index (χ1) is 9.90. The van der Waals surface area contributed by atoms with Crippen molar-refractivity contribution in [1.29, 1.82) is 0 Å². The number of rotatable bonds is 4. The second kappa shape index (κ2) is 6.55. The lowest BCUT2D eigenvalue weighted by atomic mass is 10.1. The lowest BCUT2D eigenvalue weighted by molar-refractivity contribution is -0.385. The Morgan fingerprint density at radius 1 is 1.24 bits per heavy atom. The number of para-hydroxylation sites is 1. The van der Waals surface area contributed by atoms with Gasteiger partial charge >= 0.3 is 5.69 Å². The van der Waals surface area contributed by atoms with E-state index in [-0.39, 0.29) is 11.4 Å². The summed E-state index contributed by atoms with van der Waals surface area (Å²) in [5.74, 6) is 0.570. The molecule has 2 aromatic rings. The third-order valence-electron chi connectivity index (χ3n) is 2.78. The monoisotopic (exact) mass is 415 g/mol. The van der Waals surface area contributed by atoms with Gasteiger partial charge in [-0.15, -0.1) is 0 Å². The largest absolute Gasteiger partial charge is 0.449 e. The molecular formula is C14H11Br2NO4. The van der Waals surface area contributed by atoms with E-state index in [1.807, 2.05) is 0 Å². The Labute approximate surface area is 138 Å². The standard InChI is InChI=1S/C14H11Br2NO4/c1-8(18)10-6-5-9(7-12(10)16)21-14-11(15)3-2-4-13(14)17(19)20/h2-8,18H,1H3. The molecule has 2 rings (SSSR count). The Bertz CT molecular complexity index is 689. The average Bonchev–Trinajstić information content (AvgIpc) is 2.40. The fourth-order valence-electron chi connectivity index (χ4n) is 1.77. The molecule has 1 atom stereocenters. The van der Waals surface area contributed by atoms with Gasteiger partial charge in [0.25, 0.3) is 0 Å². The maximum absolute atomic E-state index is 11.0. The molecule has 0 heterocycles. The Balaban J connectivity index is 2.39. The highest BCUT2D eigenvalue weighted by Crippen LogP contribution is 2.39. The average molecular weight is 417 g/mol. The molecule has 0 saturated heterocycles.